The summed E-state index contributed by atoms with van der Waals surface area (Å²) < 4.78 is 24.5. The second-order valence-corrected chi connectivity index (χ2v) is 6.29. The van der Waals surface area contributed by atoms with E-state index in [4.69, 9.17) is 5.11 Å². The molecule has 0 aliphatic carbocycles. The molecule has 0 spiro atoms. The minimum absolute atomic E-state index is 0.181. The van der Waals surface area contributed by atoms with E-state index in [9.17, 15) is 8.42 Å². The summed E-state index contributed by atoms with van der Waals surface area (Å²) in [6.45, 7) is 1.25. The Bertz CT molecular complexity index is 292. The Balaban J connectivity index is 2.51. The molecule has 1 unspecified atom stereocenters. The predicted molar refractivity (Wildman–Crippen MR) is 59.2 cm³/mol. The number of nitrogens with zero attached hydrogens (tertiary/aromatic N) is 2. The van der Waals surface area contributed by atoms with Gasteiger partial charge >= 0.3 is 0 Å². The Morgan fingerprint density at radius 3 is 2.67 bits per heavy atom. The highest BCUT2D eigenvalue weighted by Crippen LogP contribution is 2.16. The lowest BCUT2D eigenvalue weighted by Gasteiger charge is -2.25. The summed E-state index contributed by atoms with van der Waals surface area (Å²) in [5.74, 6) is -0.181. The quantitative estimate of drug-likeness (QED) is 0.688. The molecule has 1 heterocycles. The van der Waals surface area contributed by atoms with Crippen molar-refractivity contribution in [3.63, 3.8) is 0 Å². The zero-order valence-electron chi connectivity index (χ0n) is 9.39. The number of aliphatic hydroxyl groups is 1. The van der Waals surface area contributed by atoms with Crippen molar-refractivity contribution in [1.82, 2.24) is 9.21 Å². The van der Waals surface area contributed by atoms with Crippen molar-refractivity contribution < 1.29 is 13.5 Å². The highest BCUT2D eigenvalue weighted by molar-refractivity contribution is 7.89. The molecule has 0 saturated carbocycles. The van der Waals surface area contributed by atoms with Crippen molar-refractivity contribution in [3.8, 4) is 0 Å². The molecule has 1 rings (SSSR count). The second kappa shape index (κ2) is 5.25. The van der Waals surface area contributed by atoms with Crippen LogP contribution in [0.1, 0.15) is 12.8 Å². The van der Waals surface area contributed by atoms with Gasteiger partial charge in [0.25, 0.3) is 0 Å². The normalized spacial score (nSPS) is 23.9. The summed E-state index contributed by atoms with van der Waals surface area (Å²) in [4.78, 5) is 2.19. The third kappa shape index (κ3) is 3.41. The summed E-state index contributed by atoms with van der Waals surface area (Å²) in [5, 5.41) is 8.65. The van der Waals surface area contributed by atoms with Gasteiger partial charge in [0.2, 0.25) is 10.0 Å². The van der Waals surface area contributed by atoms with Crippen molar-refractivity contribution in [2.45, 2.75) is 18.9 Å². The monoisotopic (exact) mass is 236 g/mol. The van der Waals surface area contributed by atoms with E-state index in [1.54, 1.807) is 7.05 Å². The van der Waals surface area contributed by atoms with Crippen LogP contribution in [0, 0.1) is 0 Å². The zero-order valence-corrected chi connectivity index (χ0v) is 10.2. The van der Waals surface area contributed by atoms with Crippen LogP contribution in [-0.4, -0.2) is 68.3 Å². The van der Waals surface area contributed by atoms with Crippen molar-refractivity contribution >= 4 is 10.0 Å². The van der Waals surface area contributed by atoms with E-state index in [1.807, 2.05) is 7.05 Å². The van der Waals surface area contributed by atoms with Gasteiger partial charge in [-0.05, 0) is 26.4 Å². The van der Waals surface area contributed by atoms with Crippen molar-refractivity contribution in [3.05, 3.63) is 0 Å². The number of likely N-dealkylation sites (tertiary alicyclic amines) is 1. The van der Waals surface area contributed by atoms with Crippen LogP contribution in [0.4, 0.5) is 0 Å². The lowest BCUT2D eigenvalue weighted by molar-refractivity contribution is 0.268. The Morgan fingerprint density at radius 1 is 1.53 bits per heavy atom. The van der Waals surface area contributed by atoms with Crippen LogP contribution in [0.5, 0.6) is 0 Å². The number of sulfonamides is 1. The SMILES string of the molecule is CN1CCCC1CN(C)S(=O)(=O)CCO. The molecule has 90 valence electrons. The summed E-state index contributed by atoms with van der Waals surface area (Å²) in [6, 6.07) is 0.323. The molecule has 0 radical (unpaired) electrons. The van der Waals surface area contributed by atoms with E-state index < -0.39 is 10.0 Å². The van der Waals surface area contributed by atoms with E-state index in [2.05, 4.69) is 4.90 Å². The lowest BCUT2D eigenvalue weighted by atomic mass is 10.2. The molecule has 0 aromatic heterocycles. The number of hydrogen-bond acceptors (Lipinski definition) is 4. The van der Waals surface area contributed by atoms with Gasteiger partial charge in [0, 0.05) is 19.6 Å². The fraction of sp³-hybridized carbons (Fsp3) is 1.00. The van der Waals surface area contributed by atoms with Crippen LogP contribution in [0.2, 0.25) is 0 Å². The standard InChI is InChI=1S/C9H20N2O3S/c1-10-5-3-4-9(10)8-11(2)15(13,14)7-6-12/h9,12H,3-8H2,1-2H3. The Kier molecular flexibility index (Phi) is 4.51. The molecule has 1 saturated heterocycles. The van der Waals surface area contributed by atoms with Crippen LogP contribution in [-0.2, 0) is 10.0 Å². The maximum atomic E-state index is 11.6. The lowest BCUT2D eigenvalue weighted by Crippen LogP contribution is -2.40. The zero-order chi connectivity index (χ0) is 11.5. The van der Waals surface area contributed by atoms with Gasteiger partial charge < -0.3 is 10.0 Å². The molecule has 1 aliphatic heterocycles. The van der Waals surface area contributed by atoms with E-state index in [1.165, 1.54) is 4.31 Å². The summed E-state index contributed by atoms with van der Waals surface area (Å²) in [6.07, 6.45) is 2.19. The van der Waals surface area contributed by atoms with Crippen LogP contribution in [0.3, 0.4) is 0 Å². The van der Waals surface area contributed by atoms with Gasteiger partial charge in [0.15, 0.2) is 0 Å². The van der Waals surface area contributed by atoms with Gasteiger partial charge in [-0.15, -0.1) is 0 Å². The molecule has 0 aromatic rings. The van der Waals surface area contributed by atoms with Gasteiger partial charge in [-0.2, -0.15) is 0 Å². The third-order valence-electron chi connectivity index (χ3n) is 2.96. The molecule has 0 amide bonds. The first-order valence-corrected chi connectivity index (χ1v) is 6.83. The largest absolute Gasteiger partial charge is 0.395 e. The first-order valence-electron chi connectivity index (χ1n) is 5.22. The molecule has 1 aliphatic rings. The predicted octanol–water partition coefficient (Wildman–Crippen LogP) is -0.665. The van der Waals surface area contributed by atoms with Gasteiger partial charge in [0.1, 0.15) is 0 Å². The topological polar surface area (TPSA) is 60.9 Å². The molecule has 5 nitrogen and oxygen atoms in total. The Hall–Kier alpha value is -0.170. The Labute approximate surface area is 91.7 Å². The van der Waals surface area contributed by atoms with E-state index in [0.29, 0.717) is 12.6 Å². The summed E-state index contributed by atoms with van der Waals surface area (Å²) in [7, 11) is 0.334. The molecule has 1 fully saturated rings. The highest BCUT2D eigenvalue weighted by atomic mass is 32.2. The number of rotatable bonds is 5. The molecular weight excluding hydrogens is 216 g/mol. The third-order valence-corrected chi connectivity index (χ3v) is 4.76. The van der Waals surface area contributed by atoms with Crippen LogP contribution in [0.25, 0.3) is 0 Å². The fourth-order valence-electron chi connectivity index (χ4n) is 1.89. The fourth-order valence-corrected chi connectivity index (χ4v) is 2.83. The highest BCUT2D eigenvalue weighted by Gasteiger charge is 2.26. The average Bonchev–Trinajstić information content (AvgIpc) is 2.52. The summed E-state index contributed by atoms with van der Waals surface area (Å²) >= 11 is 0. The van der Waals surface area contributed by atoms with E-state index in [-0.39, 0.29) is 12.4 Å². The smallest absolute Gasteiger partial charge is 0.216 e. The number of hydrogen-bond donors (Lipinski definition) is 1. The Morgan fingerprint density at radius 2 is 2.20 bits per heavy atom. The minimum Gasteiger partial charge on any atom is -0.395 e. The number of likely N-dealkylation sites (N-methyl/N-ethyl adjacent to an activating group) is 2. The maximum Gasteiger partial charge on any atom is 0.216 e. The van der Waals surface area contributed by atoms with Crippen molar-refractivity contribution in [2.24, 2.45) is 0 Å². The molecule has 1 N–H and O–H groups in total. The molecule has 0 aromatic carbocycles. The van der Waals surface area contributed by atoms with E-state index >= 15 is 0 Å². The maximum absolute atomic E-state index is 11.6. The van der Waals surface area contributed by atoms with Crippen molar-refractivity contribution in [2.75, 3.05) is 39.5 Å². The molecule has 6 heteroatoms. The van der Waals surface area contributed by atoms with Crippen LogP contribution < -0.4 is 0 Å². The molecule has 15 heavy (non-hydrogen) atoms. The first kappa shape index (κ1) is 12.9. The molecular formula is C9H20N2O3S. The van der Waals surface area contributed by atoms with E-state index in [0.717, 1.165) is 19.4 Å². The van der Waals surface area contributed by atoms with Crippen molar-refractivity contribution in [1.29, 1.82) is 0 Å². The van der Waals surface area contributed by atoms with Crippen LogP contribution in [0.15, 0.2) is 0 Å². The second-order valence-electron chi connectivity index (χ2n) is 4.10. The molecule has 0 bridgehead atoms. The van der Waals surface area contributed by atoms with Gasteiger partial charge in [-0.25, -0.2) is 12.7 Å². The molecule has 1 atom stereocenters. The first-order chi connectivity index (χ1) is 6.97. The minimum atomic E-state index is -3.26. The van der Waals surface area contributed by atoms with Gasteiger partial charge in [-0.3, -0.25) is 0 Å². The van der Waals surface area contributed by atoms with Crippen LogP contribution >= 0.6 is 0 Å². The summed E-state index contributed by atoms with van der Waals surface area (Å²) in [5.41, 5.74) is 0. The number of aliphatic hydroxyl groups excluding tert-OH is 1. The van der Waals surface area contributed by atoms with Gasteiger partial charge in [0.05, 0.1) is 12.4 Å². The van der Waals surface area contributed by atoms with Gasteiger partial charge in [-0.1, -0.05) is 0 Å². The average molecular weight is 236 g/mol.